The molecule has 0 saturated heterocycles. The molecule has 1 aromatic rings. The fraction of sp³-hybridized carbons (Fsp3) is 0.333. The summed E-state index contributed by atoms with van der Waals surface area (Å²) in [6.45, 7) is 3.58. The summed E-state index contributed by atoms with van der Waals surface area (Å²) in [6.07, 6.45) is 0. The van der Waals surface area contributed by atoms with Gasteiger partial charge >= 0.3 is 0 Å². The number of rotatable bonds is 5. The predicted molar refractivity (Wildman–Crippen MR) is 69.3 cm³/mol. The summed E-state index contributed by atoms with van der Waals surface area (Å²) in [5.74, 6) is -0.469. The van der Waals surface area contributed by atoms with Crippen LogP contribution in [-0.4, -0.2) is 17.4 Å². The van der Waals surface area contributed by atoms with Gasteiger partial charge in [0, 0.05) is 18.3 Å². The maximum Gasteiger partial charge on any atom is 0.289 e. The molecule has 3 N–H and O–H groups in total. The lowest BCUT2D eigenvalue weighted by molar-refractivity contribution is -0.385. The van der Waals surface area contributed by atoms with E-state index in [1.54, 1.807) is 26.0 Å². The number of hydrogen-bond acceptors (Lipinski definition) is 5. The molecule has 1 amide bonds. The Bertz CT molecular complexity index is 561. The van der Waals surface area contributed by atoms with E-state index in [0.29, 0.717) is 5.69 Å². The topological polar surface area (TPSA) is 122 Å². The van der Waals surface area contributed by atoms with Crippen LogP contribution in [0.15, 0.2) is 18.2 Å². The first-order valence-electron chi connectivity index (χ1n) is 5.50. The summed E-state index contributed by atoms with van der Waals surface area (Å²) >= 11 is 0. The first kappa shape index (κ1) is 14.4. The van der Waals surface area contributed by atoms with Crippen LogP contribution in [0.1, 0.15) is 19.4 Å². The van der Waals surface area contributed by atoms with Gasteiger partial charge in [-0.15, -0.1) is 0 Å². The average Bonchev–Trinajstić information content (AvgIpc) is 2.35. The normalized spacial score (nSPS) is 10.6. The molecular formula is C12H14N4O3. The minimum Gasteiger partial charge on any atom is -0.384 e. The summed E-state index contributed by atoms with van der Waals surface area (Å²) in [4.78, 5) is 21.3. The zero-order chi connectivity index (χ0) is 14.6. The van der Waals surface area contributed by atoms with Gasteiger partial charge in [-0.3, -0.25) is 14.9 Å². The lowest BCUT2D eigenvalue weighted by Gasteiger charge is -2.21. The van der Waals surface area contributed by atoms with Crippen molar-refractivity contribution >= 4 is 17.3 Å². The Labute approximate surface area is 110 Å². The van der Waals surface area contributed by atoms with Crippen molar-refractivity contribution in [2.75, 3.05) is 11.9 Å². The fourth-order valence-corrected chi connectivity index (χ4v) is 1.30. The van der Waals surface area contributed by atoms with Gasteiger partial charge in [0.15, 0.2) is 0 Å². The molecule has 1 rings (SSSR count). The molecule has 7 heteroatoms. The van der Waals surface area contributed by atoms with E-state index in [1.807, 2.05) is 0 Å². The van der Waals surface area contributed by atoms with E-state index in [1.165, 1.54) is 12.1 Å². The van der Waals surface area contributed by atoms with Crippen LogP contribution in [0.5, 0.6) is 0 Å². The SMILES string of the molecule is CC(C)(CNc1ccc(C#N)c([N+](=O)[O-])c1)C(N)=O. The number of amides is 1. The molecule has 0 radical (unpaired) electrons. The van der Waals surface area contributed by atoms with Gasteiger partial charge in [-0.1, -0.05) is 0 Å². The standard InChI is InChI=1S/C12H14N4O3/c1-12(2,11(14)17)7-15-9-4-3-8(6-13)10(5-9)16(18)19/h3-5,15H,7H2,1-2H3,(H2,14,17). The van der Waals surface area contributed by atoms with Crippen LogP contribution in [0, 0.1) is 26.9 Å². The second-order valence-electron chi connectivity index (χ2n) is 4.70. The monoisotopic (exact) mass is 262 g/mol. The van der Waals surface area contributed by atoms with Crippen molar-refractivity contribution in [2.45, 2.75) is 13.8 Å². The molecule has 0 aromatic heterocycles. The Hall–Kier alpha value is -2.62. The Morgan fingerprint density at radius 2 is 2.21 bits per heavy atom. The molecule has 0 unspecified atom stereocenters. The maximum absolute atomic E-state index is 11.1. The molecule has 0 spiro atoms. The first-order valence-corrected chi connectivity index (χ1v) is 5.50. The van der Waals surface area contributed by atoms with Crippen molar-refractivity contribution in [3.8, 4) is 6.07 Å². The van der Waals surface area contributed by atoms with Crippen LogP contribution in [0.25, 0.3) is 0 Å². The van der Waals surface area contributed by atoms with E-state index in [9.17, 15) is 14.9 Å². The summed E-state index contributed by atoms with van der Waals surface area (Å²) in [6, 6.07) is 5.91. The van der Waals surface area contributed by atoms with Gasteiger partial charge in [-0.05, 0) is 26.0 Å². The number of anilines is 1. The number of carbonyl (C=O) groups is 1. The van der Waals surface area contributed by atoms with Crippen LogP contribution < -0.4 is 11.1 Å². The highest BCUT2D eigenvalue weighted by atomic mass is 16.6. The fourth-order valence-electron chi connectivity index (χ4n) is 1.30. The van der Waals surface area contributed by atoms with E-state index in [-0.39, 0.29) is 17.8 Å². The number of nitrogens with two attached hydrogens (primary N) is 1. The minimum atomic E-state index is -0.775. The van der Waals surface area contributed by atoms with Crippen LogP contribution in [0.4, 0.5) is 11.4 Å². The van der Waals surface area contributed by atoms with Crippen molar-refractivity contribution in [3.05, 3.63) is 33.9 Å². The predicted octanol–water partition coefficient (Wildman–Crippen LogP) is 1.39. The molecule has 0 aliphatic carbocycles. The third-order valence-corrected chi connectivity index (χ3v) is 2.72. The van der Waals surface area contributed by atoms with Crippen LogP contribution in [-0.2, 0) is 4.79 Å². The Kier molecular flexibility index (Phi) is 4.07. The summed E-state index contributed by atoms with van der Waals surface area (Å²) in [7, 11) is 0. The molecule has 100 valence electrons. The largest absolute Gasteiger partial charge is 0.384 e. The van der Waals surface area contributed by atoms with E-state index in [0.717, 1.165) is 0 Å². The molecule has 7 nitrogen and oxygen atoms in total. The maximum atomic E-state index is 11.1. The highest BCUT2D eigenvalue weighted by molar-refractivity contribution is 5.80. The highest BCUT2D eigenvalue weighted by Gasteiger charge is 2.25. The number of nitriles is 1. The number of benzene rings is 1. The van der Waals surface area contributed by atoms with Crippen LogP contribution in [0.2, 0.25) is 0 Å². The minimum absolute atomic E-state index is 0.00953. The molecule has 1 aromatic carbocycles. The van der Waals surface area contributed by atoms with Crippen molar-refractivity contribution < 1.29 is 9.72 Å². The number of nitrogens with one attached hydrogen (secondary N) is 1. The first-order chi connectivity index (χ1) is 8.77. The molecule has 0 fully saturated rings. The molecule has 0 bridgehead atoms. The third-order valence-electron chi connectivity index (χ3n) is 2.72. The number of carbonyl (C=O) groups excluding carboxylic acids is 1. The Balaban J connectivity index is 2.93. The van der Waals surface area contributed by atoms with Gasteiger partial charge in [0.2, 0.25) is 5.91 Å². The average molecular weight is 262 g/mol. The number of primary amides is 1. The van der Waals surface area contributed by atoms with Crippen molar-refractivity contribution in [2.24, 2.45) is 11.1 Å². The highest BCUT2D eigenvalue weighted by Crippen LogP contribution is 2.23. The van der Waals surface area contributed by atoms with Gasteiger partial charge in [0.05, 0.1) is 10.3 Å². The van der Waals surface area contributed by atoms with Crippen molar-refractivity contribution in [3.63, 3.8) is 0 Å². The molecule has 0 aliphatic rings. The van der Waals surface area contributed by atoms with Gasteiger partial charge in [-0.25, -0.2) is 0 Å². The lowest BCUT2D eigenvalue weighted by atomic mass is 9.92. The van der Waals surface area contributed by atoms with Crippen molar-refractivity contribution in [1.82, 2.24) is 0 Å². The Morgan fingerprint density at radius 1 is 1.58 bits per heavy atom. The summed E-state index contributed by atoms with van der Waals surface area (Å²) < 4.78 is 0. The molecule has 19 heavy (non-hydrogen) atoms. The van der Waals surface area contributed by atoms with Crippen molar-refractivity contribution in [1.29, 1.82) is 5.26 Å². The molecule has 0 saturated carbocycles. The van der Waals surface area contributed by atoms with Gasteiger partial charge in [0.1, 0.15) is 11.6 Å². The molecule has 0 aliphatic heterocycles. The van der Waals surface area contributed by atoms with E-state index < -0.39 is 16.2 Å². The molecular weight excluding hydrogens is 248 g/mol. The molecule has 0 atom stereocenters. The molecule has 0 heterocycles. The van der Waals surface area contributed by atoms with Gasteiger partial charge in [-0.2, -0.15) is 5.26 Å². The smallest absolute Gasteiger partial charge is 0.289 e. The third kappa shape index (κ3) is 3.42. The second kappa shape index (κ2) is 5.35. The zero-order valence-electron chi connectivity index (χ0n) is 10.6. The van der Waals surface area contributed by atoms with E-state index in [2.05, 4.69) is 5.32 Å². The van der Waals surface area contributed by atoms with E-state index >= 15 is 0 Å². The summed E-state index contributed by atoms with van der Waals surface area (Å²) in [5.41, 5.74) is 4.63. The quantitative estimate of drug-likeness (QED) is 0.613. The van der Waals surface area contributed by atoms with Crippen LogP contribution in [0.3, 0.4) is 0 Å². The summed E-state index contributed by atoms with van der Waals surface area (Å²) in [5, 5.41) is 22.4. The second-order valence-corrected chi connectivity index (χ2v) is 4.70. The number of nitro groups is 1. The van der Waals surface area contributed by atoms with Gasteiger partial charge < -0.3 is 11.1 Å². The van der Waals surface area contributed by atoms with E-state index in [4.69, 9.17) is 11.0 Å². The zero-order valence-corrected chi connectivity index (χ0v) is 10.6. The number of hydrogen-bond donors (Lipinski definition) is 2. The van der Waals surface area contributed by atoms with Gasteiger partial charge in [0.25, 0.3) is 5.69 Å². The lowest BCUT2D eigenvalue weighted by Crippen LogP contribution is -2.37. The van der Waals surface area contributed by atoms with Crippen LogP contribution >= 0.6 is 0 Å². The Morgan fingerprint density at radius 3 is 2.68 bits per heavy atom. The number of nitro benzene ring substituents is 1. The number of nitrogens with zero attached hydrogens (tertiary/aromatic N) is 2.